The number of amides is 1. The Labute approximate surface area is 221 Å². The number of nitrogens with zero attached hydrogens (tertiary/aromatic N) is 2. The highest BCUT2D eigenvalue weighted by atomic mass is 16.5. The number of aliphatic carboxylic acids is 1. The predicted octanol–water partition coefficient (Wildman–Crippen LogP) is 3.27. The summed E-state index contributed by atoms with van der Waals surface area (Å²) in [4.78, 5) is 31.9. The summed E-state index contributed by atoms with van der Waals surface area (Å²) in [5.41, 5.74) is 2.41. The molecule has 208 valence electrons. The van der Waals surface area contributed by atoms with Crippen LogP contribution in [0.3, 0.4) is 0 Å². The molecular weight excluding hydrogens is 472 g/mol. The van der Waals surface area contributed by atoms with Crippen LogP contribution in [0.15, 0.2) is 12.1 Å². The van der Waals surface area contributed by atoms with Gasteiger partial charge >= 0.3 is 5.97 Å². The fourth-order valence-electron chi connectivity index (χ4n) is 5.48. The van der Waals surface area contributed by atoms with E-state index in [0.29, 0.717) is 19.6 Å². The lowest BCUT2D eigenvalue weighted by Gasteiger charge is -2.29. The molecule has 9 heteroatoms. The topological polar surface area (TPSA) is 113 Å². The third-order valence-corrected chi connectivity index (χ3v) is 7.66. The van der Waals surface area contributed by atoms with Gasteiger partial charge in [0.2, 0.25) is 5.91 Å². The number of pyridine rings is 1. The number of aromatic nitrogens is 1. The van der Waals surface area contributed by atoms with Gasteiger partial charge in [-0.05, 0) is 75.5 Å². The molecule has 1 fully saturated rings. The molecule has 1 aliphatic carbocycles. The number of carbonyl (C=O) groups excluding carboxylic acids is 1. The summed E-state index contributed by atoms with van der Waals surface area (Å²) in [5.74, 6) is -0.124. The minimum Gasteiger partial charge on any atom is -0.480 e. The minimum atomic E-state index is -1.01. The smallest absolute Gasteiger partial charge is 0.326 e. The fourth-order valence-corrected chi connectivity index (χ4v) is 5.48. The molecule has 1 unspecified atom stereocenters. The Bertz CT molecular complexity index is 846. The van der Waals surface area contributed by atoms with Gasteiger partial charge in [-0.15, -0.1) is 0 Å². The van der Waals surface area contributed by atoms with Crippen LogP contribution in [0.2, 0.25) is 0 Å². The molecule has 0 spiro atoms. The monoisotopic (exact) mass is 518 g/mol. The van der Waals surface area contributed by atoms with Crippen molar-refractivity contribution in [2.24, 2.45) is 5.92 Å². The zero-order valence-corrected chi connectivity index (χ0v) is 22.7. The Balaban J connectivity index is 1.46. The number of hydrogen-bond donors (Lipinski definition) is 3. The number of carboxylic acid groups (broad SMARTS) is 1. The van der Waals surface area contributed by atoms with E-state index in [9.17, 15) is 14.7 Å². The van der Waals surface area contributed by atoms with Crippen LogP contribution in [0.4, 0.5) is 5.82 Å². The lowest BCUT2D eigenvalue weighted by Crippen LogP contribution is -2.49. The quantitative estimate of drug-likeness (QED) is 0.286. The van der Waals surface area contributed by atoms with Crippen LogP contribution in [0.5, 0.6) is 0 Å². The van der Waals surface area contributed by atoms with Crippen molar-refractivity contribution in [1.29, 1.82) is 0 Å². The largest absolute Gasteiger partial charge is 0.480 e. The Morgan fingerprint density at radius 2 is 1.95 bits per heavy atom. The Hall–Kier alpha value is -2.23. The number of unbranched alkanes of at least 4 members (excludes halogenated alkanes) is 1. The predicted molar refractivity (Wildman–Crippen MR) is 144 cm³/mol. The van der Waals surface area contributed by atoms with Gasteiger partial charge in [0.15, 0.2) is 0 Å². The van der Waals surface area contributed by atoms with Gasteiger partial charge in [-0.1, -0.05) is 25.3 Å². The van der Waals surface area contributed by atoms with Crippen molar-refractivity contribution in [3.05, 3.63) is 23.4 Å². The van der Waals surface area contributed by atoms with E-state index in [1.807, 2.05) is 0 Å². The maximum Gasteiger partial charge on any atom is 0.326 e. The van der Waals surface area contributed by atoms with Gasteiger partial charge in [0.25, 0.3) is 0 Å². The van der Waals surface area contributed by atoms with Crippen LogP contribution in [-0.4, -0.2) is 86.0 Å². The van der Waals surface area contributed by atoms with Gasteiger partial charge < -0.3 is 30.1 Å². The SMILES string of the molecule is COCCN(CCCCc1ccc2c(n1)NCCC2)CC[C@H](NC(=O)C(OC)C1CCCCC1)C(=O)O. The normalized spacial score (nSPS) is 17.6. The molecule has 1 aromatic heterocycles. The number of hydrogen-bond acceptors (Lipinski definition) is 7. The standard InChI is InChI=1S/C28H46N4O5/c1-36-20-19-32(17-7-6-12-23-14-13-22-11-8-16-29-26(22)30-23)18-15-24(28(34)35)31-27(33)25(37-2)21-9-4-3-5-10-21/h13-14,21,24-25H,3-12,15-20H2,1-2H3,(H,29,30)(H,31,33)(H,34,35)/t24-,25?/m0/s1. The Morgan fingerprint density at radius 1 is 1.14 bits per heavy atom. The molecule has 2 atom stereocenters. The van der Waals surface area contributed by atoms with Gasteiger partial charge in [0.05, 0.1) is 6.61 Å². The molecule has 2 aliphatic rings. The molecule has 3 N–H and O–H groups in total. The summed E-state index contributed by atoms with van der Waals surface area (Å²) in [5, 5.41) is 15.9. The van der Waals surface area contributed by atoms with E-state index in [1.165, 1.54) is 19.1 Å². The Morgan fingerprint density at radius 3 is 2.68 bits per heavy atom. The van der Waals surface area contributed by atoms with Gasteiger partial charge in [-0.3, -0.25) is 4.79 Å². The van der Waals surface area contributed by atoms with Crippen molar-refractivity contribution in [2.75, 3.05) is 52.3 Å². The number of aryl methyl sites for hydroxylation is 2. The molecule has 0 saturated heterocycles. The maximum absolute atomic E-state index is 12.9. The first-order chi connectivity index (χ1) is 18.0. The summed E-state index contributed by atoms with van der Waals surface area (Å²) < 4.78 is 10.8. The van der Waals surface area contributed by atoms with Crippen LogP contribution in [0.25, 0.3) is 0 Å². The third-order valence-electron chi connectivity index (χ3n) is 7.66. The average molecular weight is 519 g/mol. The third kappa shape index (κ3) is 9.54. The molecule has 1 aliphatic heterocycles. The highest BCUT2D eigenvalue weighted by molar-refractivity contribution is 5.86. The van der Waals surface area contributed by atoms with Crippen molar-refractivity contribution in [1.82, 2.24) is 15.2 Å². The second-order valence-electron chi connectivity index (χ2n) is 10.4. The average Bonchev–Trinajstić information content (AvgIpc) is 2.92. The first-order valence-electron chi connectivity index (χ1n) is 14.0. The first kappa shape index (κ1) is 29.3. The lowest BCUT2D eigenvalue weighted by atomic mass is 9.84. The second kappa shape index (κ2) is 15.9. The molecule has 2 heterocycles. The molecule has 1 amide bonds. The summed E-state index contributed by atoms with van der Waals surface area (Å²) in [6.07, 6.45) is 10.2. The number of ether oxygens (including phenoxy) is 2. The van der Waals surface area contributed by atoms with E-state index >= 15 is 0 Å². The molecular formula is C28H46N4O5. The first-order valence-corrected chi connectivity index (χ1v) is 14.0. The molecule has 1 saturated carbocycles. The number of carboxylic acids is 1. The summed E-state index contributed by atoms with van der Waals surface area (Å²) in [6.45, 7) is 3.71. The van der Waals surface area contributed by atoms with Gasteiger partial charge in [0.1, 0.15) is 18.0 Å². The van der Waals surface area contributed by atoms with Crippen molar-refractivity contribution in [3.63, 3.8) is 0 Å². The molecule has 37 heavy (non-hydrogen) atoms. The number of methoxy groups -OCH3 is 2. The number of nitrogens with one attached hydrogen (secondary N) is 2. The molecule has 9 nitrogen and oxygen atoms in total. The molecule has 1 aromatic rings. The van der Waals surface area contributed by atoms with E-state index in [4.69, 9.17) is 14.5 Å². The molecule has 0 aromatic carbocycles. The van der Waals surface area contributed by atoms with E-state index in [1.54, 1.807) is 7.11 Å². The van der Waals surface area contributed by atoms with Crippen LogP contribution in [-0.2, 0) is 31.9 Å². The lowest BCUT2D eigenvalue weighted by molar-refractivity contribution is -0.145. The summed E-state index contributed by atoms with van der Waals surface area (Å²) in [6, 6.07) is 3.39. The van der Waals surface area contributed by atoms with Crippen LogP contribution < -0.4 is 10.6 Å². The molecule has 3 rings (SSSR count). The maximum atomic E-state index is 12.9. The van der Waals surface area contributed by atoms with Crippen molar-refractivity contribution < 1.29 is 24.2 Å². The zero-order valence-electron chi connectivity index (χ0n) is 22.7. The van der Waals surface area contributed by atoms with E-state index in [-0.39, 0.29) is 11.8 Å². The minimum absolute atomic E-state index is 0.159. The summed E-state index contributed by atoms with van der Waals surface area (Å²) >= 11 is 0. The van der Waals surface area contributed by atoms with Crippen molar-refractivity contribution in [3.8, 4) is 0 Å². The van der Waals surface area contributed by atoms with E-state index in [2.05, 4.69) is 27.7 Å². The van der Waals surface area contributed by atoms with Gasteiger partial charge in [-0.25, -0.2) is 9.78 Å². The van der Waals surface area contributed by atoms with Crippen LogP contribution >= 0.6 is 0 Å². The molecule has 0 radical (unpaired) electrons. The van der Waals surface area contributed by atoms with Crippen molar-refractivity contribution >= 4 is 17.7 Å². The number of fused-ring (bicyclic) bond motifs is 1. The van der Waals surface area contributed by atoms with Crippen molar-refractivity contribution in [2.45, 2.75) is 82.8 Å². The number of anilines is 1. The number of rotatable bonds is 16. The highest BCUT2D eigenvalue weighted by Gasteiger charge is 2.32. The zero-order chi connectivity index (χ0) is 26.5. The highest BCUT2D eigenvalue weighted by Crippen LogP contribution is 2.28. The van der Waals surface area contributed by atoms with Gasteiger partial charge in [-0.2, -0.15) is 0 Å². The molecule has 0 bridgehead atoms. The van der Waals surface area contributed by atoms with Gasteiger partial charge in [0, 0.05) is 39.5 Å². The number of carbonyl (C=O) groups is 2. The van der Waals surface area contributed by atoms with Crippen LogP contribution in [0, 0.1) is 5.92 Å². The summed E-state index contributed by atoms with van der Waals surface area (Å²) in [7, 11) is 3.21. The van der Waals surface area contributed by atoms with E-state index in [0.717, 1.165) is 88.9 Å². The van der Waals surface area contributed by atoms with E-state index < -0.39 is 18.1 Å². The Kier molecular flexibility index (Phi) is 12.6. The second-order valence-corrected chi connectivity index (χ2v) is 10.4. The van der Waals surface area contributed by atoms with Crippen LogP contribution in [0.1, 0.15) is 69.0 Å². The fraction of sp³-hybridized carbons (Fsp3) is 0.750.